The predicted octanol–water partition coefficient (Wildman–Crippen LogP) is 2.06. The molecule has 0 heterocycles. The van der Waals surface area contributed by atoms with Crippen LogP contribution in [0.3, 0.4) is 0 Å². The third kappa shape index (κ3) is 4.87. The van der Waals surface area contributed by atoms with Gasteiger partial charge < -0.3 is 11.1 Å². The first-order valence-electron chi connectivity index (χ1n) is 6.04. The molecule has 0 aromatic heterocycles. The maximum atomic E-state index is 11.7. The van der Waals surface area contributed by atoms with Crippen molar-refractivity contribution < 1.29 is 9.00 Å². The fourth-order valence-electron chi connectivity index (χ4n) is 1.58. The van der Waals surface area contributed by atoms with Gasteiger partial charge in [-0.1, -0.05) is 6.92 Å². The highest BCUT2D eigenvalue weighted by atomic mass is 32.2. The van der Waals surface area contributed by atoms with Crippen molar-refractivity contribution in [2.24, 2.45) is 0 Å². The molecule has 0 saturated heterocycles. The fraction of sp³-hybridized carbons (Fsp3) is 0.462. The molecule has 18 heavy (non-hydrogen) atoms. The summed E-state index contributed by atoms with van der Waals surface area (Å²) < 4.78 is 11.2. The summed E-state index contributed by atoms with van der Waals surface area (Å²) in [7, 11) is -0.794. The normalized spacial score (nSPS) is 12.1. The number of nitrogens with two attached hydrogens (primary N) is 1. The van der Waals surface area contributed by atoms with E-state index in [1.54, 1.807) is 12.1 Å². The van der Waals surface area contributed by atoms with Gasteiger partial charge in [-0.2, -0.15) is 0 Å². The Morgan fingerprint density at radius 3 is 2.78 bits per heavy atom. The monoisotopic (exact) mass is 268 g/mol. The molecule has 0 bridgehead atoms. The predicted molar refractivity (Wildman–Crippen MR) is 77.0 cm³/mol. The Hall–Kier alpha value is -1.36. The van der Waals surface area contributed by atoms with Crippen molar-refractivity contribution in [2.45, 2.75) is 26.7 Å². The van der Waals surface area contributed by atoms with Crippen molar-refractivity contribution in [1.29, 1.82) is 0 Å². The van der Waals surface area contributed by atoms with E-state index in [1.165, 1.54) is 0 Å². The number of benzene rings is 1. The molecule has 0 aliphatic carbocycles. The van der Waals surface area contributed by atoms with E-state index < -0.39 is 10.8 Å². The molecule has 0 aliphatic rings. The highest BCUT2D eigenvalue weighted by Crippen LogP contribution is 2.17. The van der Waals surface area contributed by atoms with Crippen molar-refractivity contribution in [3.05, 3.63) is 23.8 Å². The van der Waals surface area contributed by atoms with Crippen LogP contribution in [0.4, 0.5) is 11.4 Å². The van der Waals surface area contributed by atoms with Crippen molar-refractivity contribution in [3.8, 4) is 0 Å². The molecule has 0 aliphatic heterocycles. The Kier molecular flexibility index (Phi) is 5.85. The summed E-state index contributed by atoms with van der Waals surface area (Å²) in [5.41, 5.74) is 8.05. The van der Waals surface area contributed by atoms with Crippen molar-refractivity contribution >= 4 is 28.1 Å². The molecule has 0 fully saturated rings. The number of nitrogen functional groups attached to an aromatic ring is 1. The second-order valence-electron chi connectivity index (χ2n) is 4.16. The van der Waals surface area contributed by atoms with Gasteiger partial charge in [0.1, 0.15) is 0 Å². The number of rotatable bonds is 6. The lowest BCUT2D eigenvalue weighted by Crippen LogP contribution is -2.13. The summed E-state index contributed by atoms with van der Waals surface area (Å²) in [6.45, 7) is 3.78. The summed E-state index contributed by atoms with van der Waals surface area (Å²) >= 11 is 0. The van der Waals surface area contributed by atoms with Crippen LogP contribution in [0.25, 0.3) is 0 Å². The van der Waals surface area contributed by atoms with Gasteiger partial charge in [0.05, 0.1) is 0 Å². The van der Waals surface area contributed by atoms with Crippen LogP contribution in [0.15, 0.2) is 18.2 Å². The van der Waals surface area contributed by atoms with E-state index in [1.807, 2.05) is 19.9 Å². The van der Waals surface area contributed by atoms with Crippen molar-refractivity contribution in [3.63, 3.8) is 0 Å². The van der Waals surface area contributed by atoms with Gasteiger partial charge in [0.2, 0.25) is 5.91 Å². The first-order valence-corrected chi connectivity index (χ1v) is 7.52. The van der Waals surface area contributed by atoms with Crippen LogP contribution in [0.2, 0.25) is 0 Å². The third-order valence-electron chi connectivity index (χ3n) is 2.62. The summed E-state index contributed by atoms with van der Waals surface area (Å²) in [5, 5.41) is 2.84. The van der Waals surface area contributed by atoms with Crippen LogP contribution >= 0.6 is 0 Å². The van der Waals surface area contributed by atoms with Crippen LogP contribution < -0.4 is 11.1 Å². The Morgan fingerprint density at radius 2 is 2.17 bits per heavy atom. The van der Waals surface area contributed by atoms with Crippen LogP contribution in [0.1, 0.15) is 25.3 Å². The SMILES string of the molecule is CCS(=O)CCCC(=O)Nc1ccc(N)cc1C. The number of carbonyl (C=O) groups is 1. The van der Waals surface area contributed by atoms with Gasteiger partial charge in [-0.25, -0.2) is 0 Å². The summed E-state index contributed by atoms with van der Waals surface area (Å²) in [4.78, 5) is 11.7. The highest BCUT2D eigenvalue weighted by molar-refractivity contribution is 7.84. The number of nitrogens with one attached hydrogen (secondary N) is 1. The quantitative estimate of drug-likeness (QED) is 0.776. The lowest BCUT2D eigenvalue weighted by Gasteiger charge is -2.08. The number of anilines is 2. The molecule has 1 rings (SSSR count). The Labute approximate surface area is 110 Å². The van der Waals surface area contributed by atoms with E-state index in [0.717, 1.165) is 11.3 Å². The third-order valence-corrected chi connectivity index (χ3v) is 4.01. The van der Waals surface area contributed by atoms with Crippen LogP contribution in [-0.4, -0.2) is 21.6 Å². The number of aryl methyl sites for hydroxylation is 1. The van der Waals surface area contributed by atoms with Gasteiger partial charge in [0, 0.05) is 40.1 Å². The summed E-state index contributed by atoms with van der Waals surface area (Å²) in [6.07, 6.45) is 1.05. The molecule has 0 radical (unpaired) electrons. The van der Waals surface area contributed by atoms with E-state index in [-0.39, 0.29) is 5.91 Å². The number of carbonyl (C=O) groups excluding carboxylic acids is 1. The van der Waals surface area contributed by atoms with Gasteiger partial charge in [0.15, 0.2) is 0 Å². The molecule has 3 N–H and O–H groups in total. The number of hydrogen-bond acceptors (Lipinski definition) is 3. The fourth-order valence-corrected chi connectivity index (χ4v) is 2.33. The van der Waals surface area contributed by atoms with Crippen LogP contribution in [-0.2, 0) is 15.6 Å². The van der Waals surface area contributed by atoms with Gasteiger partial charge in [-0.05, 0) is 37.1 Å². The first-order chi connectivity index (χ1) is 8.52. The van der Waals surface area contributed by atoms with Gasteiger partial charge in [-0.15, -0.1) is 0 Å². The lowest BCUT2D eigenvalue weighted by atomic mass is 10.1. The zero-order chi connectivity index (χ0) is 13.5. The molecule has 1 unspecified atom stereocenters. The summed E-state index contributed by atoms with van der Waals surface area (Å²) in [6, 6.07) is 5.38. The lowest BCUT2D eigenvalue weighted by molar-refractivity contribution is -0.116. The van der Waals surface area contributed by atoms with E-state index in [9.17, 15) is 9.00 Å². The minimum Gasteiger partial charge on any atom is -0.399 e. The minimum atomic E-state index is -0.794. The summed E-state index contributed by atoms with van der Waals surface area (Å²) in [5.74, 6) is 1.19. The van der Waals surface area contributed by atoms with E-state index in [2.05, 4.69) is 5.32 Å². The second kappa shape index (κ2) is 7.16. The van der Waals surface area contributed by atoms with Crippen molar-refractivity contribution in [1.82, 2.24) is 0 Å². The molecule has 1 aromatic carbocycles. The molecule has 100 valence electrons. The second-order valence-corrected chi connectivity index (χ2v) is 6.02. The first kappa shape index (κ1) is 14.7. The largest absolute Gasteiger partial charge is 0.399 e. The average molecular weight is 268 g/mol. The van der Waals surface area contributed by atoms with Crippen molar-refractivity contribution in [2.75, 3.05) is 22.6 Å². The number of amides is 1. The van der Waals surface area contributed by atoms with Gasteiger partial charge >= 0.3 is 0 Å². The van der Waals surface area contributed by atoms with Crippen LogP contribution in [0.5, 0.6) is 0 Å². The standard InChI is InChI=1S/C13H20N2O2S/c1-3-18(17)8-4-5-13(16)15-12-7-6-11(14)9-10(12)2/h6-7,9H,3-5,8,14H2,1-2H3,(H,15,16). The van der Waals surface area contributed by atoms with E-state index in [0.29, 0.717) is 30.0 Å². The Balaban J connectivity index is 2.42. The minimum absolute atomic E-state index is 0.0454. The molecule has 5 heteroatoms. The molecule has 0 spiro atoms. The topological polar surface area (TPSA) is 72.2 Å². The molecule has 0 saturated carbocycles. The zero-order valence-corrected chi connectivity index (χ0v) is 11.7. The maximum Gasteiger partial charge on any atom is 0.224 e. The highest BCUT2D eigenvalue weighted by Gasteiger charge is 2.05. The van der Waals surface area contributed by atoms with E-state index >= 15 is 0 Å². The average Bonchev–Trinajstić information content (AvgIpc) is 2.32. The number of hydrogen-bond donors (Lipinski definition) is 2. The molecule has 4 nitrogen and oxygen atoms in total. The molecular weight excluding hydrogens is 248 g/mol. The Morgan fingerprint density at radius 1 is 1.44 bits per heavy atom. The molecule has 1 amide bonds. The van der Waals surface area contributed by atoms with Crippen LogP contribution in [0, 0.1) is 6.92 Å². The maximum absolute atomic E-state index is 11.7. The van der Waals surface area contributed by atoms with E-state index in [4.69, 9.17) is 5.73 Å². The molecular formula is C13H20N2O2S. The van der Waals surface area contributed by atoms with Gasteiger partial charge in [0.25, 0.3) is 0 Å². The smallest absolute Gasteiger partial charge is 0.224 e. The Bertz CT molecular complexity index is 447. The van der Waals surface area contributed by atoms with Gasteiger partial charge in [-0.3, -0.25) is 9.00 Å². The molecule has 1 aromatic rings. The molecule has 1 atom stereocenters. The zero-order valence-electron chi connectivity index (χ0n) is 10.9.